The Balaban J connectivity index is 1.96. The monoisotopic (exact) mass is 248 g/mol. The third-order valence-corrected chi connectivity index (χ3v) is 4.19. The largest absolute Gasteiger partial charge is 0.274 e. The number of allylic oxidation sites excluding steroid dienone is 2. The van der Waals surface area contributed by atoms with Gasteiger partial charge in [0.15, 0.2) is 5.13 Å². The molecule has 1 aromatic heterocycles. The van der Waals surface area contributed by atoms with Crippen molar-refractivity contribution in [1.29, 1.82) is 0 Å². The molecular formula is C12H12N2O2S. The zero-order valence-corrected chi connectivity index (χ0v) is 10.2. The van der Waals surface area contributed by atoms with Gasteiger partial charge in [0, 0.05) is 11.6 Å². The summed E-state index contributed by atoms with van der Waals surface area (Å²) >= 11 is 1.33. The van der Waals surface area contributed by atoms with Crippen molar-refractivity contribution >= 4 is 28.3 Å². The van der Waals surface area contributed by atoms with Crippen LogP contribution in [-0.2, 0) is 9.59 Å². The zero-order valence-electron chi connectivity index (χ0n) is 9.42. The maximum absolute atomic E-state index is 12.2. The van der Waals surface area contributed by atoms with Gasteiger partial charge in [-0.15, -0.1) is 11.3 Å². The number of aromatic nitrogens is 1. The van der Waals surface area contributed by atoms with Crippen LogP contribution in [0.1, 0.15) is 19.8 Å². The van der Waals surface area contributed by atoms with Crippen LogP contribution >= 0.6 is 11.3 Å². The molecule has 1 aliphatic carbocycles. The number of nitrogens with zero attached hydrogens (tertiary/aromatic N) is 2. The highest BCUT2D eigenvalue weighted by molar-refractivity contribution is 7.14. The summed E-state index contributed by atoms with van der Waals surface area (Å²) in [5, 5.41) is 2.29. The highest BCUT2D eigenvalue weighted by Crippen LogP contribution is 2.39. The summed E-state index contributed by atoms with van der Waals surface area (Å²) in [4.78, 5) is 29.8. The Bertz CT molecular complexity index is 507. The maximum Gasteiger partial charge on any atom is 0.239 e. The average molecular weight is 248 g/mol. The van der Waals surface area contributed by atoms with Crippen molar-refractivity contribution in [2.45, 2.75) is 19.8 Å². The highest BCUT2D eigenvalue weighted by atomic mass is 32.1. The Morgan fingerprint density at radius 3 is 2.82 bits per heavy atom. The van der Waals surface area contributed by atoms with Crippen molar-refractivity contribution in [2.24, 2.45) is 11.8 Å². The van der Waals surface area contributed by atoms with E-state index in [1.54, 1.807) is 11.6 Å². The predicted octanol–water partition coefficient (Wildman–Crippen LogP) is 1.99. The van der Waals surface area contributed by atoms with Gasteiger partial charge in [-0.3, -0.25) is 9.59 Å². The topological polar surface area (TPSA) is 50.3 Å². The first-order valence-electron chi connectivity index (χ1n) is 5.61. The van der Waals surface area contributed by atoms with Gasteiger partial charge in [-0.1, -0.05) is 11.6 Å². The minimum Gasteiger partial charge on any atom is -0.274 e. The van der Waals surface area contributed by atoms with Crippen molar-refractivity contribution in [3.05, 3.63) is 23.2 Å². The summed E-state index contributed by atoms with van der Waals surface area (Å²) < 4.78 is 0. The number of fused-ring (bicyclic) bond motifs is 1. The number of thiazole rings is 1. The van der Waals surface area contributed by atoms with E-state index in [1.807, 2.05) is 6.92 Å². The molecule has 4 nitrogen and oxygen atoms in total. The number of carbonyl (C=O) groups excluding carboxylic acids is 2. The molecular weight excluding hydrogens is 236 g/mol. The van der Waals surface area contributed by atoms with E-state index in [0.717, 1.165) is 0 Å². The molecule has 5 heteroatoms. The lowest BCUT2D eigenvalue weighted by atomic mass is 9.82. The molecule has 1 fully saturated rings. The van der Waals surface area contributed by atoms with E-state index >= 15 is 0 Å². The summed E-state index contributed by atoms with van der Waals surface area (Å²) in [6, 6.07) is 0. The van der Waals surface area contributed by atoms with E-state index in [9.17, 15) is 9.59 Å². The van der Waals surface area contributed by atoms with E-state index < -0.39 is 0 Å². The van der Waals surface area contributed by atoms with Crippen LogP contribution in [0.4, 0.5) is 5.13 Å². The lowest BCUT2D eigenvalue weighted by Crippen LogP contribution is -2.30. The third-order valence-electron chi connectivity index (χ3n) is 3.43. The molecule has 1 aromatic rings. The van der Waals surface area contributed by atoms with Crippen molar-refractivity contribution in [3.8, 4) is 0 Å². The Morgan fingerprint density at radius 2 is 2.12 bits per heavy atom. The summed E-state index contributed by atoms with van der Waals surface area (Å²) in [7, 11) is 0. The number of imide groups is 1. The molecule has 1 aliphatic heterocycles. The first kappa shape index (κ1) is 10.7. The van der Waals surface area contributed by atoms with E-state index in [2.05, 4.69) is 11.1 Å². The quantitative estimate of drug-likeness (QED) is 0.564. The molecule has 2 amide bonds. The number of hydrogen-bond acceptors (Lipinski definition) is 4. The van der Waals surface area contributed by atoms with Gasteiger partial charge in [0.05, 0.1) is 11.8 Å². The Labute approximate surface area is 103 Å². The summed E-state index contributed by atoms with van der Waals surface area (Å²) in [5.74, 6) is -0.507. The van der Waals surface area contributed by atoms with E-state index in [0.29, 0.717) is 18.0 Å². The van der Waals surface area contributed by atoms with Gasteiger partial charge in [0.1, 0.15) is 0 Å². The fourth-order valence-corrected chi connectivity index (χ4v) is 3.20. The first-order valence-corrected chi connectivity index (χ1v) is 6.49. The molecule has 0 saturated carbocycles. The molecule has 3 rings (SSSR count). The van der Waals surface area contributed by atoms with Crippen LogP contribution < -0.4 is 4.90 Å². The van der Waals surface area contributed by atoms with E-state index in [-0.39, 0.29) is 23.7 Å². The van der Waals surface area contributed by atoms with Crippen LogP contribution in [0.15, 0.2) is 23.2 Å². The Kier molecular flexibility index (Phi) is 2.36. The molecule has 0 spiro atoms. The summed E-state index contributed by atoms with van der Waals surface area (Å²) in [5.41, 5.74) is 1.20. The van der Waals surface area contributed by atoms with Gasteiger partial charge < -0.3 is 0 Å². The Morgan fingerprint density at radius 1 is 1.35 bits per heavy atom. The van der Waals surface area contributed by atoms with E-state index in [1.165, 1.54) is 21.8 Å². The number of anilines is 1. The smallest absolute Gasteiger partial charge is 0.239 e. The molecule has 2 atom stereocenters. The molecule has 0 N–H and O–H groups in total. The zero-order chi connectivity index (χ0) is 12.0. The van der Waals surface area contributed by atoms with Crippen LogP contribution in [0.5, 0.6) is 0 Å². The van der Waals surface area contributed by atoms with Crippen LogP contribution in [0.2, 0.25) is 0 Å². The second-order valence-corrected chi connectivity index (χ2v) is 5.40. The van der Waals surface area contributed by atoms with Gasteiger partial charge in [0.25, 0.3) is 0 Å². The molecule has 17 heavy (non-hydrogen) atoms. The number of amides is 2. The average Bonchev–Trinajstić information content (AvgIpc) is 2.88. The first-order chi connectivity index (χ1) is 8.18. The van der Waals surface area contributed by atoms with Gasteiger partial charge >= 0.3 is 0 Å². The number of carbonyl (C=O) groups is 2. The fraction of sp³-hybridized carbons (Fsp3) is 0.417. The van der Waals surface area contributed by atoms with Crippen LogP contribution in [0.25, 0.3) is 0 Å². The van der Waals surface area contributed by atoms with Crippen molar-refractivity contribution < 1.29 is 9.59 Å². The summed E-state index contributed by atoms with van der Waals surface area (Å²) in [6.45, 7) is 2.01. The SMILES string of the molecule is CC1=CCC2C(=O)N(c3nccs3)C(=O)C2C1. The molecule has 1 saturated heterocycles. The Hall–Kier alpha value is -1.49. The summed E-state index contributed by atoms with van der Waals surface area (Å²) in [6.07, 6.45) is 5.07. The molecule has 0 aromatic carbocycles. The van der Waals surface area contributed by atoms with Crippen molar-refractivity contribution in [2.75, 3.05) is 4.90 Å². The molecule has 0 bridgehead atoms. The fourth-order valence-electron chi connectivity index (χ4n) is 2.55. The standard InChI is InChI=1S/C12H12N2O2S/c1-7-2-3-8-9(6-7)11(16)14(10(8)15)12-13-4-5-17-12/h2,4-5,8-9H,3,6H2,1H3. The van der Waals surface area contributed by atoms with Gasteiger partial charge in [-0.25, -0.2) is 9.88 Å². The highest BCUT2D eigenvalue weighted by Gasteiger charge is 2.49. The van der Waals surface area contributed by atoms with Crippen LogP contribution in [0, 0.1) is 11.8 Å². The van der Waals surface area contributed by atoms with Gasteiger partial charge in [0.2, 0.25) is 11.8 Å². The van der Waals surface area contributed by atoms with Gasteiger partial charge in [-0.2, -0.15) is 0 Å². The second-order valence-electron chi connectivity index (χ2n) is 4.53. The van der Waals surface area contributed by atoms with Gasteiger partial charge in [-0.05, 0) is 19.8 Å². The predicted molar refractivity (Wildman–Crippen MR) is 64.6 cm³/mol. The molecule has 0 radical (unpaired) electrons. The lowest BCUT2D eigenvalue weighted by molar-refractivity contribution is -0.122. The van der Waals surface area contributed by atoms with Crippen molar-refractivity contribution in [3.63, 3.8) is 0 Å². The number of hydrogen-bond donors (Lipinski definition) is 0. The molecule has 2 unspecified atom stereocenters. The normalized spacial score (nSPS) is 28.3. The maximum atomic E-state index is 12.2. The molecule has 88 valence electrons. The second kappa shape index (κ2) is 3.77. The molecule has 2 aliphatic rings. The minimum atomic E-state index is -0.171. The molecule has 2 heterocycles. The minimum absolute atomic E-state index is 0.0811. The van der Waals surface area contributed by atoms with Crippen LogP contribution in [-0.4, -0.2) is 16.8 Å². The van der Waals surface area contributed by atoms with Crippen molar-refractivity contribution in [1.82, 2.24) is 4.98 Å². The van der Waals surface area contributed by atoms with E-state index in [4.69, 9.17) is 0 Å². The third kappa shape index (κ3) is 1.53. The number of rotatable bonds is 1. The lowest BCUT2D eigenvalue weighted by Gasteiger charge is -2.18. The van der Waals surface area contributed by atoms with Crippen LogP contribution in [0.3, 0.4) is 0 Å².